The normalized spacial score (nSPS) is 17.0. The fourth-order valence-electron chi connectivity index (χ4n) is 2.77. The number of piperazine rings is 1. The van der Waals surface area contributed by atoms with Crippen LogP contribution in [0.4, 0.5) is 5.82 Å². The summed E-state index contributed by atoms with van der Waals surface area (Å²) in [7, 11) is 2.18. The standard InChI is InChI=1S/C16H25N5/c1-13(2)17-12-14-16(20-10-8-19(3)9-11-20)18-15-6-4-5-7-21(14)15/h4-7,13,17H,8-12H2,1-3H3. The van der Waals surface area contributed by atoms with E-state index in [2.05, 4.69) is 64.8 Å². The first-order chi connectivity index (χ1) is 10.1. The Morgan fingerprint density at radius 2 is 1.95 bits per heavy atom. The number of hydrogen-bond donors (Lipinski definition) is 1. The van der Waals surface area contributed by atoms with Crippen molar-refractivity contribution in [3.05, 3.63) is 30.1 Å². The number of imidazole rings is 1. The van der Waals surface area contributed by atoms with Gasteiger partial charge in [0.2, 0.25) is 0 Å². The second-order valence-electron chi connectivity index (χ2n) is 6.14. The molecule has 0 spiro atoms. The Kier molecular flexibility index (Phi) is 4.12. The van der Waals surface area contributed by atoms with Gasteiger partial charge in [0.15, 0.2) is 5.82 Å². The van der Waals surface area contributed by atoms with Gasteiger partial charge < -0.3 is 19.5 Å². The number of fused-ring (bicyclic) bond motifs is 1. The molecule has 3 rings (SSSR count). The smallest absolute Gasteiger partial charge is 0.152 e. The molecule has 0 radical (unpaired) electrons. The van der Waals surface area contributed by atoms with Gasteiger partial charge in [-0.3, -0.25) is 0 Å². The summed E-state index contributed by atoms with van der Waals surface area (Å²) >= 11 is 0. The molecule has 114 valence electrons. The van der Waals surface area contributed by atoms with Crippen molar-refractivity contribution >= 4 is 11.5 Å². The molecule has 1 N–H and O–H groups in total. The van der Waals surface area contributed by atoms with Gasteiger partial charge >= 0.3 is 0 Å². The Bertz CT molecular complexity index is 596. The zero-order valence-corrected chi connectivity index (χ0v) is 13.2. The fourth-order valence-corrected chi connectivity index (χ4v) is 2.77. The van der Waals surface area contributed by atoms with Crippen molar-refractivity contribution in [2.75, 3.05) is 38.1 Å². The second kappa shape index (κ2) is 6.03. The van der Waals surface area contributed by atoms with Crippen LogP contribution in [0.15, 0.2) is 24.4 Å². The van der Waals surface area contributed by atoms with E-state index in [1.54, 1.807) is 0 Å². The van der Waals surface area contributed by atoms with Crippen LogP contribution in [0.2, 0.25) is 0 Å². The average Bonchev–Trinajstić information content (AvgIpc) is 2.84. The molecule has 2 aromatic rings. The predicted octanol–water partition coefficient (Wildman–Crippen LogP) is 1.58. The maximum Gasteiger partial charge on any atom is 0.152 e. The molecule has 0 aromatic carbocycles. The van der Waals surface area contributed by atoms with E-state index in [0.717, 1.165) is 44.2 Å². The van der Waals surface area contributed by atoms with Crippen LogP contribution in [0.25, 0.3) is 5.65 Å². The lowest BCUT2D eigenvalue weighted by molar-refractivity contribution is 0.312. The number of aromatic nitrogens is 2. The van der Waals surface area contributed by atoms with Crippen LogP contribution in [0.3, 0.4) is 0 Å². The Balaban J connectivity index is 1.94. The number of pyridine rings is 1. The predicted molar refractivity (Wildman–Crippen MR) is 86.9 cm³/mol. The van der Waals surface area contributed by atoms with Gasteiger partial charge in [0, 0.05) is 45.0 Å². The molecule has 0 bridgehead atoms. The van der Waals surface area contributed by atoms with Crippen molar-refractivity contribution in [3.63, 3.8) is 0 Å². The zero-order valence-electron chi connectivity index (χ0n) is 13.2. The molecule has 21 heavy (non-hydrogen) atoms. The third-order valence-corrected chi connectivity index (χ3v) is 4.09. The lowest BCUT2D eigenvalue weighted by atomic mass is 10.3. The second-order valence-corrected chi connectivity index (χ2v) is 6.14. The summed E-state index contributed by atoms with van der Waals surface area (Å²) in [5, 5.41) is 3.53. The molecule has 0 atom stereocenters. The molecule has 0 amide bonds. The molecule has 1 aliphatic heterocycles. The first kappa shape index (κ1) is 14.4. The summed E-state index contributed by atoms with van der Waals surface area (Å²) < 4.78 is 2.21. The number of rotatable bonds is 4. The van der Waals surface area contributed by atoms with Gasteiger partial charge in [-0.05, 0) is 19.2 Å². The van der Waals surface area contributed by atoms with Gasteiger partial charge in [-0.2, -0.15) is 0 Å². The van der Waals surface area contributed by atoms with Crippen molar-refractivity contribution in [3.8, 4) is 0 Å². The van der Waals surface area contributed by atoms with Gasteiger partial charge in [-0.15, -0.1) is 0 Å². The molecule has 0 aliphatic carbocycles. The molecule has 1 aliphatic rings. The topological polar surface area (TPSA) is 35.8 Å². The number of hydrogen-bond acceptors (Lipinski definition) is 4. The molecule has 5 nitrogen and oxygen atoms in total. The van der Waals surface area contributed by atoms with Crippen LogP contribution in [-0.2, 0) is 6.54 Å². The molecular weight excluding hydrogens is 262 g/mol. The monoisotopic (exact) mass is 287 g/mol. The fraction of sp³-hybridized carbons (Fsp3) is 0.562. The molecule has 0 unspecified atom stereocenters. The van der Waals surface area contributed by atoms with Crippen molar-refractivity contribution in [1.29, 1.82) is 0 Å². The van der Waals surface area contributed by atoms with E-state index in [0.29, 0.717) is 6.04 Å². The summed E-state index contributed by atoms with van der Waals surface area (Å²) in [4.78, 5) is 9.66. The summed E-state index contributed by atoms with van der Waals surface area (Å²) in [6.45, 7) is 9.52. The SMILES string of the molecule is CC(C)NCc1c(N2CCN(C)CC2)nc2ccccn12. The minimum atomic E-state index is 0.472. The van der Waals surface area contributed by atoms with E-state index in [1.807, 2.05) is 0 Å². The first-order valence-corrected chi connectivity index (χ1v) is 7.78. The average molecular weight is 287 g/mol. The molecule has 0 saturated carbocycles. The van der Waals surface area contributed by atoms with Gasteiger partial charge in [-0.25, -0.2) is 4.98 Å². The molecule has 1 saturated heterocycles. The van der Waals surface area contributed by atoms with E-state index in [9.17, 15) is 0 Å². The molecule has 1 fully saturated rings. The third kappa shape index (κ3) is 3.04. The van der Waals surface area contributed by atoms with Crippen molar-refractivity contribution in [2.24, 2.45) is 0 Å². The van der Waals surface area contributed by atoms with Crippen LogP contribution in [0.1, 0.15) is 19.5 Å². The lowest BCUT2D eigenvalue weighted by Gasteiger charge is -2.33. The van der Waals surface area contributed by atoms with Gasteiger partial charge in [0.1, 0.15) is 5.65 Å². The Hall–Kier alpha value is -1.59. The first-order valence-electron chi connectivity index (χ1n) is 7.78. The highest BCUT2D eigenvalue weighted by Crippen LogP contribution is 2.23. The van der Waals surface area contributed by atoms with Crippen molar-refractivity contribution in [2.45, 2.75) is 26.4 Å². The molecule has 2 aromatic heterocycles. The van der Waals surface area contributed by atoms with Gasteiger partial charge in [0.25, 0.3) is 0 Å². The van der Waals surface area contributed by atoms with E-state index >= 15 is 0 Å². The minimum absolute atomic E-state index is 0.472. The van der Waals surface area contributed by atoms with E-state index in [4.69, 9.17) is 4.98 Å². The Morgan fingerprint density at radius 1 is 1.19 bits per heavy atom. The maximum absolute atomic E-state index is 4.87. The van der Waals surface area contributed by atoms with Crippen LogP contribution in [0, 0.1) is 0 Å². The molecule has 5 heteroatoms. The quantitative estimate of drug-likeness (QED) is 0.926. The van der Waals surface area contributed by atoms with E-state index in [1.165, 1.54) is 5.69 Å². The van der Waals surface area contributed by atoms with Crippen LogP contribution in [-0.4, -0.2) is 53.6 Å². The number of nitrogens with zero attached hydrogens (tertiary/aromatic N) is 4. The number of anilines is 1. The number of likely N-dealkylation sites (N-methyl/N-ethyl adjacent to an activating group) is 1. The Morgan fingerprint density at radius 3 is 2.67 bits per heavy atom. The van der Waals surface area contributed by atoms with Gasteiger partial charge in [0.05, 0.1) is 5.69 Å². The van der Waals surface area contributed by atoms with Crippen LogP contribution in [0.5, 0.6) is 0 Å². The van der Waals surface area contributed by atoms with Crippen LogP contribution >= 0.6 is 0 Å². The zero-order chi connectivity index (χ0) is 14.8. The highest BCUT2D eigenvalue weighted by atomic mass is 15.3. The highest BCUT2D eigenvalue weighted by molar-refractivity contribution is 5.56. The minimum Gasteiger partial charge on any atom is -0.352 e. The van der Waals surface area contributed by atoms with E-state index < -0.39 is 0 Å². The molecule has 3 heterocycles. The maximum atomic E-state index is 4.87. The summed E-state index contributed by atoms with van der Waals surface area (Å²) in [5.74, 6) is 1.14. The lowest BCUT2D eigenvalue weighted by Crippen LogP contribution is -2.45. The van der Waals surface area contributed by atoms with Crippen molar-refractivity contribution in [1.82, 2.24) is 19.6 Å². The number of nitrogens with one attached hydrogen (secondary N) is 1. The third-order valence-electron chi connectivity index (χ3n) is 4.09. The largest absolute Gasteiger partial charge is 0.352 e. The molecular formula is C16H25N5. The van der Waals surface area contributed by atoms with Crippen molar-refractivity contribution < 1.29 is 0 Å². The Labute approximate surface area is 126 Å². The van der Waals surface area contributed by atoms with E-state index in [-0.39, 0.29) is 0 Å². The summed E-state index contributed by atoms with van der Waals surface area (Å²) in [5.41, 5.74) is 2.30. The summed E-state index contributed by atoms with van der Waals surface area (Å²) in [6, 6.07) is 6.68. The summed E-state index contributed by atoms with van der Waals surface area (Å²) in [6.07, 6.45) is 2.11. The van der Waals surface area contributed by atoms with Crippen LogP contribution < -0.4 is 10.2 Å². The highest BCUT2D eigenvalue weighted by Gasteiger charge is 2.21. The van der Waals surface area contributed by atoms with Gasteiger partial charge in [-0.1, -0.05) is 19.9 Å².